The van der Waals surface area contributed by atoms with Crippen LogP contribution in [-0.4, -0.2) is 95.2 Å². The zero-order chi connectivity index (χ0) is 26.6. The number of hydrogen-bond donors (Lipinski definition) is 1. The Morgan fingerprint density at radius 1 is 1.21 bits per heavy atom. The predicted molar refractivity (Wildman–Crippen MR) is 142 cm³/mol. The molecule has 2 amide bonds. The first-order chi connectivity index (χ1) is 18.4. The summed E-state index contributed by atoms with van der Waals surface area (Å²) in [5, 5.41) is 16.8. The van der Waals surface area contributed by atoms with Crippen LogP contribution in [0.2, 0.25) is 0 Å². The Labute approximate surface area is 220 Å². The number of amides is 2. The van der Waals surface area contributed by atoms with E-state index in [1.807, 2.05) is 23.1 Å². The van der Waals surface area contributed by atoms with Gasteiger partial charge >= 0.3 is 0 Å². The molecule has 0 aliphatic carbocycles. The normalized spacial score (nSPS) is 16.3. The molecule has 1 N–H and O–H groups in total. The molecule has 0 saturated carbocycles. The Kier molecular flexibility index (Phi) is 7.24. The van der Waals surface area contributed by atoms with Gasteiger partial charge in [-0.15, -0.1) is 0 Å². The van der Waals surface area contributed by atoms with Crippen LogP contribution in [0.1, 0.15) is 12.5 Å². The number of nitriles is 1. The molecule has 2 aliphatic rings. The Bertz CT molecular complexity index is 1400. The highest BCUT2D eigenvalue weighted by Gasteiger charge is 2.22. The van der Waals surface area contributed by atoms with Crippen LogP contribution in [0.3, 0.4) is 0 Å². The molecule has 2 aliphatic heterocycles. The average molecular weight is 515 g/mol. The molecule has 5 heterocycles. The lowest BCUT2D eigenvalue weighted by Crippen LogP contribution is -2.49. The van der Waals surface area contributed by atoms with E-state index in [1.54, 1.807) is 30.0 Å². The number of pyridine rings is 2. The number of nitrogens with zero attached hydrogens (tertiary/aromatic N) is 7. The van der Waals surface area contributed by atoms with Crippen molar-refractivity contribution in [1.29, 1.82) is 5.26 Å². The molecule has 0 unspecified atom stereocenters. The third-order valence-electron chi connectivity index (χ3n) is 6.82. The molecule has 0 bridgehead atoms. The Balaban J connectivity index is 1.32. The average Bonchev–Trinajstić information content (AvgIpc) is 3.35. The number of piperazine rings is 2. The monoisotopic (exact) mass is 514 g/mol. The molecule has 0 spiro atoms. The van der Waals surface area contributed by atoms with Crippen molar-refractivity contribution in [3.8, 4) is 22.9 Å². The third kappa shape index (κ3) is 5.31. The maximum atomic E-state index is 12.2. The second kappa shape index (κ2) is 10.9. The van der Waals surface area contributed by atoms with Crippen LogP contribution in [-0.2, 0) is 9.59 Å². The SMILES string of the molecule is C=C(C)C(=O)N1CCN(c2ccc(-c3cc(OCCN4CCNC(=O)C4)cn4ncc(C#N)c34)cn2)CC1. The van der Waals surface area contributed by atoms with Gasteiger partial charge in [0, 0.05) is 68.7 Å². The smallest absolute Gasteiger partial charge is 0.249 e. The minimum absolute atomic E-state index is 0.00500. The standard InChI is InChI=1S/C27H30N8O3/c1-19(2)27(37)34-9-7-33(8-10-34)24-4-3-20(15-30-24)23-13-22(17-35-26(23)21(14-28)16-31-35)38-12-11-32-6-5-29-25(36)18-32/h3-4,13,15-17H,1,5-12,18H2,2H3,(H,29,36). The molecule has 11 nitrogen and oxygen atoms in total. The second-order valence-corrected chi connectivity index (χ2v) is 9.49. The van der Waals surface area contributed by atoms with Gasteiger partial charge in [-0.05, 0) is 25.1 Å². The maximum Gasteiger partial charge on any atom is 0.249 e. The molecule has 3 aromatic heterocycles. The lowest BCUT2D eigenvalue weighted by Gasteiger charge is -2.35. The zero-order valence-corrected chi connectivity index (χ0v) is 21.4. The van der Waals surface area contributed by atoms with Crippen LogP contribution in [0.5, 0.6) is 5.75 Å². The van der Waals surface area contributed by atoms with Crippen molar-refractivity contribution in [3.63, 3.8) is 0 Å². The van der Waals surface area contributed by atoms with Gasteiger partial charge in [0.2, 0.25) is 11.8 Å². The molecule has 0 aromatic carbocycles. The summed E-state index contributed by atoms with van der Waals surface area (Å²) in [6.45, 7) is 11.0. The first kappa shape index (κ1) is 25.2. The minimum atomic E-state index is -0.00500. The van der Waals surface area contributed by atoms with E-state index in [2.05, 4.69) is 32.9 Å². The fraction of sp³-hybridized carbons (Fsp3) is 0.370. The van der Waals surface area contributed by atoms with E-state index in [0.29, 0.717) is 74.8 Å². The van der Waals surface area contributed by atoms with Crippen molar-refractivity contribution in [2.24, 2.45) is 0 Å². The van der Waals surface area contributed by atoms with Crippen LogP contribution in [0, 0.1) is 11.3 Å². The molecular weight excluding hydrogens is 484 g/mol. The van der Waals surface area contributed by atoms with Gasteiger partial charge in [-0.3, -0.25) is 14.5 Å². The van der Waals surface area contributed by atoms with Crippen molar-refractivity contribution < 1.29 is 14.3 Å². The van der Waals surface area contributed by atoms with Gasteiger partial charge in [0.1, 0.15) is 24.2 Å². The Hall–Kier alpha value is -4.43. The van der Waals surface area contributed by atoms with E-state index in [4.69, 9.17) is 9.72 Å². The molecule has 5 rings (SSSR count). The summed E-state index contributed by atoms with van der Waals surface area (Å²) in [6.07, 6.45) is 5.10. The minimum Gasteiger partial charge on any atom is -0.491 e. The molecule has 2 fully saturated rings. The highest BCUT2D eigenvalue weighted by Crippen LogP contribution is 2.31. The lowest BCUT2D eigenvalue weighted by atomic mass is 10.1. The molecule has 196 valence electrons. The number of fused-ring (bicyclic) bond motifs is 1. The number of hydrogen-bond acceptors (Lipinski definition) is 8. The fourth-order valence-electron chi connectivity index (χ4n) is 4.79. The quantitative estimate of drug-likeness (QED) is 0.469. The number of carbonyl (C=O) groups excluding carboxylic acids is 2. The van der Waals surface area contributed by atoms with Crippen LogP contribution in [0.25, 0.3) is 16.6 Å². The largest absolute Gasteiger partial charge is 0.491 e. The third-order valence-corrected chi connectivity index (χ3v) is 6.82. The number of ether oxygens (including phenoxy) is 1. The predicted octanol–water partition coefficient (Wildman–Crippen LogP) is 1.30. The molecule has 0 atom stereocenters. The van der Waals surface area contributed by atoms with E-state index >= 15 is 0 Å². The van der Waals surface area contributed by atoms with E-state index in [1.165, 1.54) is 0 Å². The maximum absolute atomic E-state index is 12.2. The van der Waals surface area contributed by atoms with Gasteiger partial charge in [0.05, 0.1) is 30.0 Å². The van der Waals surface area contributed by atoms with Gasteiger partial charge in [-0.1, -0.05) is 6.58 Å². The van der Waals surface area contributed by atoms with E-state index in [-0.39, 0.29) is 11.8 Å². The number of anilines is 1. The highest BCUT2D eigenvalue weighted by atomic mass is 16.5. The first-order valence-corrected chi connectivity index (χ1v) is 12.6. The number of aromatic nitrogens is 3. The van der Waals surface area contributed by atoms with Crippen LogP contribution in [0.4, 0.5) is 5.82 Å². The van der Waals surface area contributed by atoms with Crippen molar-refractivity contribution in [2.75, 3.05) is 63.9 Å². The van der Waals surface area contributed by atoms with Crippen molar-refractivity contribution in [2.45, 2.75) is 6.92 Å². The van der Waals surface area contributed by atoms with Crippen molar-refractivity contribution >= 4 is 23.1 Å². The van der Waals surface area contributed by atoms with Crippen molar-refractivity contribution in [1.82, 2.24) is 29.7 Å². The molecule has 38 heavy (non-hydrogen) atoms. The van der Waals surface area contributed by atoms with Gasteiger partial charge < -0.3 is 19.9 Å². The van der Waals surface area contributed by atoms with E-state index in [9.17, 15) is 14.9 Å². The molecule has 3 aromatic rings. The fourth-order valence-corrected chi connectivity index (χ4v) is 4.79. The Morgan fingerprint density at radius 2 is 2.03 bits per heavy atom. The van der Waals surface area contributed by atoms with Gasteiger partial charge in [-0.25, -0.2) is 9.50 Å². The van der Waals surface area contributed by atoms with Gasteiger partial charge in [0.15, 0.2) is 0 Å². The number of nitrogens with one attached hydrogen (secondary N) is 1. The summed E-state index contributed by atoms with van der Waals surface area (Å²) < 4.78 is 7.69. The number of carbonyl (C=O) groups is 2. The molecular formula is C27H30N8O3. The van der Waals surface area contributed by atoms with E-state index < -0.39 is 0 Å². The first-order valence-electron chi connectivity index (χ1n) is 12.6. The lowest BCUT2D eigenvalue weighted by molar-refractivity contribution is -0.127. The highest BCUT2D eigenvalue weighted by molar-refractivity contribution is 5.92. The molecule has 0 radical (unpaired) electrons. The Morgan fingerprint density at radius 3 is 2.71 bits per heavy atom. The topological polar surface area (TPSA) is 119 Å². The summed E-state index contributed by atoms with van der Waals surface area (Å²) in [5.41, 5.74) is 3.34. The zero-order valence-electron chi connectivity index (χ0n) is 21.4. The van der Waals surface area contributed by atoms with Crippen LogP contribution in [0.15, 0.2) is 48.9 Å². The van der Waals surface area contributed by atoms with Crippen LogP contribution < -0.4 is 15.0 Å². The summed E-state index contributed by atoms with van der Waals surface area (Å²) in [5.74, 6) is 1.47. The summed E-state index contributed by atoms with van der Waals surface area (Å²) in [7, 11) is 0. The summed E-state index contributed by atoms with van der Waals surface area (Å²) in [4.78, 5) is 34.5. The van der Waals surface area contributed by atoms with Gasteiger partial charge in [-0.2, -0.15) is 10.4 Å². The molecule has 11 heteroatoms. The van der Waals surface area contributed by atoms with Gasteiger partial charge in [0.25, 0.3) is 0 Å². The van der Waals surface area contributed by atoms with E-state index in [0.717, 1.165) is 23.5 Å². The molecule has 2 saturated heterocycles. The van der Waals surface area contributed by atoms with Crippen molar-refractivity contribution in [3.05, 3.63) is 54.5 Å². The second-order valence-electron chi connectivity index (χ2n) is 9.49. The summed E-state index contributed by atoms with van der Waals surface area (Å²) >= 11 is 0. The summed E-state index contributed by atoms with van der Waals surface area (Å²) in [6, 6.07) is 8.06. The number of rotatable bonds is 7. The van der Waals surface area contributed by atoms with Crippen LogP contribution >= 0.6 is 0 Å².